The summed E-state index contributed by atoms with van der Waals surface area (Å²) in [6, 6.07) is 19.1. The lowest BCUT2D eigenvalue weighted by atomic mass is 10.2. The van der Waals surface area contributed by atoms with Gasteiger partial charge in [0.25, 0.3) is 0 Å². The van der Waals surface area contributed by atoms with Crippen LogP contribution in [0.1, 0.15) is 11.1 Å². The molecule has 0 unspecified atom stereocenters. The summed E-state index contributed by atoms with van der Waals surface area (Å²) in [5.41, 5.74) is 1.95. The lowest BCUT2D eigenvalue weighted by molar-refractivity contribution is 0.0280. The minimum Gasteiger partial charge on any atom is -0.445 e. The van der Waals surface area contributed by atoms with Gasteiger partial charge in [-0.3, -0.25) is 0 Å². The van der Waals surface area contributed by atoms with E-state index in [0.717, 1.165) is 11.1 Å². The lowest BCUT2D eigenvalue weighted by Crippen LogP contribution is -2.34. The van der Waals surface area contributed by atoms with Crippen molar-refractivity contribution in [3.05, 3.63) is 71.8 Å². The molecule has 0 spiro atoms. The molecule has 5 nitrogen and oxygen atoms in total. The first kappa shape index (κ1) is 17.0. The van der Waals surface area contributed by atoms with Crippen molar-refractivity contribution in [3.8, 4) is 0 Å². The number of ether oxygens (including phenoxy) is 2. The van der Waals surface area contributed by atoms with Gasteiger partial charge in [-0.2, -0.15) is 0 Å². The number of alkyl carbamates (subject to hydrolysis) is 1. The Bertz CT molecular complexity index is 574. The molecular weight excluding hydrogens is 294 g/mol. The number of aliphatic hydroxyl groups excluding tert-OH is 1. The molecular formula is C18H21NO4. The van der Waals surface area contributed by atoms with Crippen LogP contribution < -0.4 is 5.32 Å². The molecule has 2 aromatic carbocycles. The number of carbonyl (C=O) groups excluding carboxylic acids is 1. The molecule has 23 heavy (non-hydrogen) atoms. The number of benzene rings is 2. The van der Waals surface area contributed by atoms with E-state index in [0.29, 0.717) is 6.61 Å². The Morgan fingerprint density at radius 3 is 2.13 bits per heavy atom. The molecule has 0 fully saturated rings. The van der Waals surface area contributed by atoms with Crippen LogP contribution in [0.5, 0.6) is 0 Å². The van der Waals surface area contributed by atoms with E-state index >= 15 is 0 Å². The maximum Gasteiger partial charge on any atom is 0.407 e. The van der Waals surface area contributed by atoms with Crippen LogP contribution in [0.3, 0.4) is 0 Å². The van der Waals surface area contributed by atoms with E-state index in [9.17, 15) is 9.90 Å². The Kier molecular flexibility index (Phi) is 7.10. The Morgan fingerprint density at radius 2 is 1.52 bits per heavy atom. The average molecular weight is 315 g/mol. The van der Waals surface area contributed by atoms with Gasteiger partial charge in [0.1, 0.15) is 6.61 Å². The van der Waals surface area contributed by atoms with Gasteiger partial charge in [-0.1, -0.05) is 60.7 Å². The van der Waals surface area contributed by atoms with Crippen LogP contribution in [0.25, 0.3) is 0 Å². The number of hydrogen-bond acceptors (Lipinski definition) is 4. The van der Waals surface area contributed by atoms with Gasteiger partial charge in [-0.15, -0.1) is 0 Å². The first-order valence-corrected chi connectivity index (χ1v) is 7.48. The van der Waals surface area contributed by atoms with Gasteiger partial charge < -0.3 is 19.9 Å². The highest BCUT2D eigenvalue weighted by atomic mass is 16.5. The second-order valence-corrected chi connectivity index (χ2v) is 5.10. The highest BCUT2D eigenvalue weighted by Gasteiger charge is 2.08. The highest BCUT2D eigenvalue weighted by molar-refractivity contribution is 5.67. The van der Waals surface area contributed by atoms with E-state index < -0.39 is 12.2 Å². The fourth-order valence-corrected chi connectivity index (χ4v) is 1.92. The minimum atomic E-state index is -0.775. The van der Waals surface area contributed by atoms with E-state index in [1.54, 1.807) is 0 Å². The van der Waals surface area contributed by atoms with Crippen molar-refractivity contribution in [1.82, 2.24) is 5.32 Å². The van der Waals surface area contributed by atoms with Crippen LogP contribution in [0, 0.1) is 0 Å². The summed E-state index contributed by atoms with van der Waals surface area (Å²) in [5.74, 6) is 0. The first-order chi connectivity index (χ1) is 11.2. The molecule has 0 radical (unpaired) electrons. The molecule has 0 aliphatic carbocycles. The normalized spacial score (nSPS) is 11.7. The summed E-state index contributed by atoms with van der Waals surface area (Å²) in [6.45, 7) is 0.861. The molecule has 122 valence electrons. The van der Waals surface area contributed by atoms with Crippen molar-refractivity contribution < 1.29 is 19.4 Å². The fourth-order valence-electron chi connectivity index (χ4n) is 1.92. The van der Waals surface area contributed by atoms with Crippen molar-refractivity contribution in [2.75, 3.05) is 13.2 Å². The Hall–Kier alpha value is -2.37. The van der Waals surface area contributed by atoms with E-state index in [1.807, 2.05) is 60.7 Å². The zero-order chi connectivity index (χ0) is 16.3. The first-order valence-electron chi connectivity index (χ1n) is 7.48. The molecule has 0 saturated carbocycles. The topological polar surface area (TPSA) is 67.8 Å². The van der Waals surface area contributed by atoms with E-state index in [4.69, 9.17) is 9.47 Å². The van der Waals surface area contributed by atoms with Crippen LogP contribution >= 0.6 is 0 Å². The van der Waals surface area contributed by atoms with Gasteiger partial charge in [0, 0.05) is 6.54 Å². The lowest BCUT2D eigenvalue weighted by Gasteiger charge is -2.12. The van der Waals surface area contributed by atoms with Crippen molar-refractivity contribution in [3.63, 3.8) is 0 Å². The Morgan fingerprint density at radius 1 is 0.957 bits per heavy atom. The molecule has 1 atom stereocenters. The smallest absolute Gasteiger partial charge is 0.407 e. The molecule has 1 amide bonds. The number of rotatable bonds is 8. The summed E-state index contributed by atoms with van der Waals surface area (Å²) < 4.78 is 10.5. The highest BCUT2D eigenvalue weighted by Crippen LogP contribution is 2.02. The van der Waals surface area contributed by atoms with Gasteiger partial charge >= 0.3 is 6.09 Å². The van der Waals surface area contributed by atoms with Crippen LogP contribution in [0.4, 0.5) is 4.79 Å². The number of hydrogen-bond donors (Lipinski definition) is 2. The summed E-state index contributed by atoms with van der Waals surface area (Å²) in [6.07, 6.45) is -1.33. The molecule has 2 N–H and O–H groups in total. The fraction of sp³-hybridized carbons (Fsp3) is 0.278. The van der Waals surface area contributed by atoms with E-state index in [2.05, 4.69) is 5.32 Å². The molecule has 0 aliphatic rings. The summed E-state index contributed by atoms with van der Waals surface area (Å²) in [5, 5.41) is 12.3. The molecule has 2 rings (SSSR count). The van der Waals surface area contributed by atoms with Crippen LogP contribution in [-0.2, 0) is 22.7 Å². The summed E-state index contributed by atoms with van der Waals surface area (Å²) in [7, 11) is 0. The number of nitrogens with one attached hydrogen (secondary N) is 1. The second-order valence-electron chi connectivity index (χ2n) is 5.10. The Balaban J connectivity index is 1.56. The summed E-state index contributed by atoms with van der Waals surface area (Å²) >= 11 is 0. The molecule has 0 aliphatic heterocycles. The molecule has 0 saturated heterocycles. The monoisotopic (exact) mass is 315 g/mol. The second kappa shape index (κ2) is 9.61. The summed E-state index contributed by atoms with van der Waals surface area (Å²) in [4.78, 5) is 11.5. The number of aliphatic hydroxyl groups is 1. The zero-order valence-electron chi connectivity index (χ0n) is 12.9. The maximum atomic E-state index is 11.5. The van der Waals surface area contributed by atoms with Crippen LogP contribution in [-0.4, -0.2) is 30.5 Å². The van der Waals surface area contributed by atoms with Crippen LogP contribution in [0.2, 0.25) is 0 Å². The third-order valence-electron chi connectivity index (χ3n) is 3.12. The SMILES string of the molecule is O=C(NC[C@@H](O)COCc1ccccc1)OCc1ccccc1. The number of carbonyl (C=O) groups is 1. The average Bonchev–Trinajstić information content (AvgIpc) is 2.60. The zero-order valence-corrected chi connectivity index (χ0v) is 12.9. The van der Waals surface area contributed by atoms with E-state index in [-0.39, 0.29) is 19.8 Å². The predicted molar refractivity (Wildman–Crippen MR) is 86.7 cm³/mol. The van der Waals surface area contributed by atoms with Gasteiger partial charge in [-0.05, 0) is 11.1 Å². The molecule has 2 aromatic rings. The van der Waals surface area contributed by atoms with E-state index in [1.165, 1.54) is 0 Å². The van der Waals surface area contributed by atoms with Gasteiger partial charge in [-0.25, -0.2) is 4.79 Å². The van der Waals surface area contributed by atoms with Crippen molar-refractivity contribution in [2.45, 2.75) is 19.3 Å². The van der Waals surface area contributed by atoms with Crippen molar-refractivity contribution >= 4 is 6.09 Å². The molecule has 0 heterocycles. The molecule has 5 heteroatoms. The third-order valence-corrected chi connectivity index (χ3v) is 3.12. The minimum absolute atomic E-state index is 0.0857. The largest absolute Gasteiger partial charge is 0.445 e. The standard InChI is InChI=1S/C18H21NO4/c20-17(14-22-12-15-7-3-1-4-8-15)11-19-18(21)23-13-16-9-5-2-6-10-16/h1-10,17,20H,11-14H2,(H,19,21)/t17-/m1/s1. The van der Waals surface area contributed by atoms with Gasteiger partial charge in [0.15, 0.2) is 0 Å². The quantitative estimate of drug-likeness (QED) is 0.785. The Labute approximate surface area is 135 Å². The predicted octanol–water partition coefficient (Wildman–Crippen LogP) is 2.49. The number of amides is 1. The van der Waals surface area contributed by atoms with Crippen molar-refractivity contribution in [1.29, 1.82) is 0 Å². The van der Waals surface area contributed by atoms with Crippen molar-refractivity contribution in [2.24, 2.45) is 0 Å². The van der Waals surface area contributed by atoms with Gasteiger partial charge in [0.2, 0.25) is 0 Å². The van der Waals surface area contributed by atoms with Gasteiger partial charge in [0.05, 0.1) is 19.3 Å². The maximum absolute atomic E-state index is 11.5. The molecule has 0 bridgehead atoms. The molecule has 0 aromatic heterocycles. The third kappa shape index (κ3) is 6.95. The van der Waals surface area contributed by atoms with Crippen LogP contribution in [0.15, 0.2) is 60.7 Å².